The average molecular weight is 424 g/mol. The number of piperidine rings is 1. The van der Waals surface area contributed by atoms with Crippen molar-refractivity contribution in [1.82, 2.24) is 4.90 Å². The maximum absolute atomic E-state index is 13.4. The molecule has 4 rings (SSSR count). The second-order valence-corrected chi connectivity index (χ2v) is 8.54. The van der Waals surface area contributed by atoms with Gasteiger partial charge in [-0.3, -0.25) is 0 Å². The third-order valence-electron chi connectivity index (χ3n) is 6.07. The molecule has 2 heterocycles. The molecular weight excluding hydrogens is 400 g/mol. The van der Waals surface area contributed by atoms with E-state index in [4.69, 9.17) is 16.3 Å². The maximum atomic E-state index is 13.4. The molecule has 0 aliphatic carbocycles. The van der Waals surface area contributed by atoms with Crippen LogP contribution in [0.25, 0.3) is 0 Å². The summed E-state index contributed by atoms with van der Waals surface area (Å²) in [6.07, 6.45) is 0.378. The quantitative estimate of drug-likeness (QED) is 0.772. The van der Waals surface area contributed by atoms with Crippen molar-refractivity contribution in [1.29, 1.82) is 0 Å². The maximum Gasteiger partial charge on any atom is 0.159 e. The minimum absolute atomic E-state index is 0.328. The van der Waals surface area contributed by atoms with Crippen molar-refractivity contribution >= 4 is 11.6 Å². The minimum atomic E-state index is -0.960. The van der Waals surface area contributed by atoms with Crippen LogP contribution in [-0.4, -0.2) is 40.3 Å². The smallest absolute Gasteiger partial charge is 0.159 e. The molecule has 29 heavy (non-hydrogen) atoms. The largest absolute Gasteiger partial charge is 0.487 e. The molecule has 2 aliphatic heterocycles. The molecule has 1 fully saturated rings. The highest BCUT2D eigenvalue weighted by atomic mass is 35.5. The number of benzene rings is 2. The predicted octanol–water partition coefficient (Wildman–Crippen LogP) is 4.31. The van der Waals surface area contributed by atoms with E-state index >= 15 is 0 Å². The third-order valence-corrected chi connectivity index (χ3v) is 6.48. The highest BCUT2D eigenvalue weighted by molar-refractivity contribution is 6.31. The zero-order valence-electron chi connectivity index (χ0n) is 16.2. The number of rotatable bonds is 3. The van der Waals surface area contributed by atoms with Gasteiger partial charge in [-0.15, -0.1) is 0 Å². The van der Waals surface area contributed by atoms with Gasteiger partial charge in [0.05, 0.1) is 12.2 Å². The molecule has 156 valence electrons. The van der Waals surface area contributed by atoms with Gasteiger partial charge in [0, 0.05) is 36.6 Å². The summed E-state index contributed by atoms with van der Waals surface area (Å²) in [5.41, 5.74) is 1.54. The normalized spacial score (nSPS) is 22.2. The summed E-state index contributed by atoms with van der Waals surface area (Å²) in [5, 5.41) is 21.7. The zero-order chi connectivity index (χ0) is 20.8. The number of hydrogen-bond acceptors (Lipinski definition) is 4. The van der Waals surface area contributed by atoms with Crippen LogP contribution in [0.2, 0.25) is 5.02 Å². The summed E-state index contributed by atoms with van der Waals surface area (Å²) in [6, 6.07) is 7.12. The molecule has 0 amide bonds. The third kappa shape index (κ3) is 4.12. The molecule has 4 nitrogen and oxygen atoms in total. The van der Waals surface area contributed by atoms with Crippen LogP contribution in [0.4, 0.5) is 8.78 Å². The van der Waals surface area contributed by atoms with Gasteiger partial charge in [-0.25, -0.2) is 8.78 Å². The number of aryl methyl sites for hydroxylation is 1. The van der Waals surface area contributed by atoms with Gasteiger partial charge in [-0.05, 0) is 55.2 Å². The van der Waals surface area contributed by atoms with Crippen LogP contribution in [-0.2, 0) is 0 Å². The predicted molar refractivity (Wildman–Crippen MR) is 106 cm³/mol. The van der Waals surface area contributed by atoms with E-state index in [0.717, 1.165) is 23.3 Å². The van der Waals surface area contributed by atoms with Gasteiger partial charge in [-0.2, -0.15) is 0 Å². The molecule has 1 saturated heterocycles. The second-order valence-electron chi connectivity index (χ2n) is 8.13. The summed E-state index contributed by atoms with van der Waals surface area (Å²) < 4.78 is 32.9. The van der Waals surface area contributed by atoms with E-state index in [1.54, 1.807) is 6.07 Å². The van der Waals surface area contributed by atoms with E-state index in [1.807, 2.05) is 13.0 Å². The van der Waals surface area contributed by atoms with E-state index in [2.05, 4.69) is 4.90 Å². The number of halogens is 3. The van der Waals surface area contributed by atoms with E-state index in [0.29, 0.717) is 55.2 Å². The van der Waals surface area contributed by atoms with Crippen molar-refractivity contribution in [2.45, 2.75) is 44.0 Å². The fourth-order valence-electron chi connectivity index (χ4n) is 4.28. The number of ether oxygens (including phenoxy) is 1. The summed E-state index contributed by atoms with van der Waals surface area (Å²) >= 11 is 6.18. The minimum Gasteiger partial charge on any atom is -0.487 e. The summed E-state index contributed by atoms with van der Waals surface area (Å²) in [7, 11) is 0. The molecule has 0 radical (unpaired) electrons. The number of nitrogens with zero attached hydrogens (tertiary/aromatic N) is 1. The molecule has 2 aromatic carbocycles. The van der Waals surface area contributed by atoms with Crippen LogP contribution in [0.3, 0.4) is 0 Å². The van der Waals surface area contributed by atoms with Crippen LogP contribution >= 0.6 is 11.6 Å². The SMILES string of the molecule is Cc1cc2c(cc1Cl)[C@H](O)CC1(CCN(C[C@H](O)c3ccc(F)c(F)c3)CC1)O2. The van der Waals surface area contributed by atoms with Crippen molar-refractivity contribution in [3.8, 4) is 5.75 Å². The first-order chi connectivity index (χ1) is 13.8. The lowest BCUT2D eigenvalue weighted by Gasteiger charge is -2.46. The topological polar surface area (TPSA) is 52.9 Å². The van der Waals surface area contributed by atoms with Crippen molar-refractivity contribution in [3.05, 3.63) is 63.7 Å². The van der Waals surface area contributed by atoms with Crippen molar-refractivity contribution in [3.63, 3.8) is 0 Å². The van der Waals surface area contributed by atoms with Gasteiger partial charge in [0.1, 0.15) is 11.4 Å². The lowest BCUT2D eigenvalue weighted by molar-refractivity contribution is -0.0588. The van der Waals surface area contributed by atoms with Crippen LogP contribution in [0.1, 0.15) is 48.2 Å². The second kappa shape index (κ2) is 7.84. The molecule has 7 heteroatoms. The van der Waals surface area contributed by atoms with Crippen molar-refractivity contribution in [2.75, 3.05) is 19.6 Å². The van der Waals surface area contributed by atoms with Crippen LogP contribution < -0.4 is 4.74 Å². The highest BCUT2D eigenvalue weighted by Crippen LogP contribution is 2.45. The van der Waals surface area contributed by atoms with Crippen LogP contribution in [0.15, 0.2) is 30.3 Å². The Balaban J connectivity index is 1.41. The molecular formula is C22H24ClF2NO3. The lowest BCUT2D eigenvalue weighted by atomic mass is 9.81. The molecule has 0 aromatic heterocycles. The van der Waals surface area contributed by atoms with Gasteiger partial charge in [0.25, 0.3) is 0 Å². The molecule has 2 aliphatic rings. The first kappa shape index (κ1) is 20.5. The first-order valence-corrected chi connectivity index (χ1v) is 10.2. The Morgan fingerprint density at radius 2 is 1.93 bits per heavy atom. The Bertz CT molecular complexity index is 915. The van der Waals surface area contributed by atoms with E-state index in [1.165, 1.54) is 6.07 Å². The van der Waals surface area contributed by atoms with Crippen molar-refractivity contribution < 1.29 is 23.7 Å². The monoisotopic (exact) mass is 423 g/mol. The standard InChI is InChI=1S/C22H24ClF2NO3/c1-13-8-21-15(10-16(13)23)19(27)11-22(29-21)4-6-26(7-5-22)12-20(28)14-2-3-17(24)18(25)9-14/h2-3,8-10,19-20,27-28H,4-7,11-12H2,1H3/t19-,20+/m1/s1. The molecule has 0 saturated carbocycles. The number of β-amino-alcohol motifs (C(OH)–C–C–N with tert-alkyl or cyclic N) is 1. The van der Waals surface area contributed by atoms with Crippen LogP contribution in [0, 0.1) is 18.6 Å². The molecule has 2 atom stereocenters. The number of likely N-dealkylation sites (tertiary alicyclic amines) is 1. The number of hydrogen-bond donors (Lipinski definition) is 2. The Kier molecular flexibility index (Phi) is 5.55. The number of aliphatic hydroxyl groups excluding tert-OH is 2. The van der Waals surface area contributed by atoms with Gasteiger partial charge in [0.2, 0.25) is 0 Å². The van der Waals surface area contributed by atoms with Gasteiger partial charge >= 0.3 is 0 Å². The average Bonchev–Trinajstić information content (AvgIpc) is 2.68. The Morgan fingerprint density at radius 1 is 1.21 bits per heavy atom. The van der Waals surface area contributed by atoms with Gasteiger partial charge < -0.3 is 19.8 Å². The summed E-state index contributed by atoms with van der Waals surface area (Å²) in [4.78, 5) is 2.08. The fourth-order valence-corrected chi connectivity index (χ4v) is 4.45. The molecule has 0 bridgehead atoms. The Labute approximate surface area is 173 Å². The van der Waals surface area contributed by atoms with E-state index in [9.17, 15) is 19.0 Å². The molecule has 0 unspecified atom stereocenters. The van der Waals surface area contributed by atoms with Gasteiger partial charge in [-0.1, -0.05) is 17.7 Å². The first-order valence-electron chi connectivity index (χ1n) is 9.79. The van der Waals surface area contributed by atoms with E-state index in [-0.39, 0.29) is 0 Å². The zero-order valence-corrected chi connectivity index (χ0v) is 16.9. The van der Waals surface area contributed by atoms with E-state index < -0.39 is 29.4 Å². The molecule has 2 N–H and O–H groups in total. The number of fused-ring (bicyclic) bond motifs is 1. The molecule has 1 spiro atoms. The fraction of sp³-hybridized carbons (Fsp3) is 0.455. The van der Waals surface area contributed by atoms with Crippen LogP contribution in [0.5, 0.6) is 5.75 Å². The molecule has 2 aromatic rings. The van der Waals surface area contributed by atoms with Gasteiger partial charge in [0.15, 0.2) is 11.6 Å². The Hall–Kier alpha value is -1.73. The highest BCUT2D eigenvalue weighted by Gasteiger charge is 2.43. The summed E-state index contributed by atoms with van der Waals surface area (Å²) in [5.74, 6) is -1.20. The Morgan fingerprint density at radius 3 is 2.62 bits per heavy atom. The summed E-state index contributed by atoms with van der Waals surface area (Å²) in [6.45, 7) is 3.58. The van der Waals surface area contributed by atoms with Crippen molar-refractivity contribution in [2.24, 2.45) is 0 Å². The number of aliphatic hydroxyl groups is 2. The lowest BCUT2D eigenvalue weighted by Crippen LogP contribution is -2.51.